The molecule has 0 atom stereocenters. The minimum absolute atomic E-state index is 0.126. The van der Waals surface area contributed by atoms with Crippen LogP contribution >= 0.6 is 15.9 Å². The Hall–Kier alpha value is -4.50. The summed E-state index contributed by atoms with van der Waals surface area (Å²) >= 11 is 3.48. The maximum atomic E-state index is 13.3. The molecule has 1 aliphatic heterocycles. The summed E-state index contributed by atoms with van der Waals surface area (Å²) in [5, 5.41) is 4.33. The van der Waals surface area contributed by atoms with Crippen molar-refractivity contribution in [3.05, 3.63) is 106 Å². The Balaban J connectivity index is 1.44. The van der Waals surface area contributed by atoms with Crippen LogP contribution in [0.25, 0.3) is 16.8 Å². The largest absolute Gasteiger partial charge is 0.493 e. The number of rotatable bonds is 6. The highest BCUT2D eigenvalue weighted by atomic mass is 79.9. The third-order valence-electron chi connectivity index (χ3n) is 6.03. The number of carbonyl (C=O) groups is 3. The van der Waals surface area contributed by atoms with Gasteiger partial charge in [0.05, 0.1) is 12.8 Å². The molecule has 1 aliphatic rings. The molecule has 9 heteroatoms. The fraction of sp³-hybridized carbons (Fsp3) is 0.0690. The van der Waals surface area contributed by atoms with E-state index in [0.29, 0.717) is 28.1 Å². The van der Waals surface area contributed by atoms with E-state index in [0.717, 1.165) is 33.4 Å². The number of ether oxygens (including phenoxy) is 2. The average Bonchev–Trinajstić information content (AvgIpc) is 2.91. The molecule has 0 radical (unpaired) electrons. The zero-order valence-corrected chi connectivity index (χ0v) is 21.6. The number of halogens is 2. The molecule has 4 aromatic carbocycles. The minimum Gasteiger partial charge on any atom is -0.493 e. The van der Waals surface area contributed by atoms with Gasteiger partial charge >= 0.3 is 6.03 Å². The third-order valence-corrected chi connectivity index (χ3v) is 6.72. The monoisotopic (exact) mass is 574 g/mol. The maximum Gasteiger partial charge on any atom is 0.335 e. The van der Waals surface area contributed by atoms with Crippen LogP contribution in [0.1, 0.15) is 11.1 Å². The van der Waals surface area contributed by atoms with Gasteiger partial charge in [-0.3, -0.25) is 14.9 Å². The first kappa shape index (κ1) is 25.2. The first-order valence-electron chi connectivity index (χ1n) is 11.5. The Morgan fingerprint density at radius 3 is 2.45 bits per heavy atom. The van der Waals surface area contributed by atoms with Gasteiger partial charge in [-0.1, -0.05) is 58.4 Å². The second kappa shape index (κ2) is 10.5. The van der Waals surface area contributed by atoms with Crippen LogP contribution in [0.5, 0.6) is 11.5 Å². The van der Waals surface area contributed by atoms with Crippen LogP contribution in [0.2, 0.25) is 0 Å². The Kier molecular flexibility index (Phi) is 6.93. The number of hydrogen-bond acceptors (Lipinski definition) is 5. The highest BCUT2D eigenvalue weighted by Gasteiger charge is 2.37. The Morgan fingerprint density at radius 2 is 1.68 bits per heavy atom. The molecule has 0 aliphatic carbocycles. The lowest BCUT2D eigenvalue weighted by atomic mass is 10.1. The van der Waals surface area contributed by atoms with Crippen molar-refractivity contribution in [3.8, 4) is 11.5 Å². The number of barbiturate groups is 1. The predicted octanol–water partition coefficient (Wildman–Crippen LogP) is 6.00. The van der Waals surface area contributed by atoms with Crippen molar-refractivity contribution >= 4 is 56.3 Å². The number of nitrogens with zero attached hydrogens (tertiary/aromatic N) is 1. The molecule has 4 amide bonds. The van der Waals surface area contributed by atoms with Crippen molar-refractivity contribution in [2.24, 2.45) is 0 Å². The zero-order chi connectivity index (χ0) is 26.8. The third kappa shape index (κ3) is 4.88. The lowest BCUT2D eigenvalue weighted by molar-refractivity contribution is -0.122. The van der Waals surface area contributed by atoms with E-state index in [1.54, 1.807) is 12.1 Å². The van der Waals surface area contributed by atoms with Gasteiger partial charge < -0.3 is 9.47 Å². The molecule has 0 bridgehead atoms. The van der Waals surface area contributed by atoms with E-state index in [1.807, 2.05) is 42.5 Å². The van der Waals surface area contributed by atoms with E-state index in [4.69, 9.17) is 9.47 Å². The molecule has 5 rings (SSSR count). The van der Waals surface area contributed by atoms with E-state index in [2.05, 4.69) is 21.2 Å². The molecule has 1 N–H and O–H groups in total. The maximum absolute atomic E-state index is 13.3. The van der Waals surface area contributed by atoms with Gasteiger partial charge in [-0.2, -0.15) is 0 Å². The summed E-state index contributed by atoms with van der Waals surface area (Å²) in [6.07, 6.45) is 1.35. The van der Waals surface area contributed by atoms with Crippen LogP contribution in [-0.4, -0.2) is 25.0 Å². The van der Waals surface area contributed by atoms with Gasteiger partial charge in [0.15, 0.2) is 11.5 Å². The Bertz CT molecular complexity index is 1610. The van der Waals surface area contributed by atoms with Crippen LogP contribution in [0.3, 0.4) is 0 Å². The molecule has 4 aromatic rings. The summed E-state index contributed by atoms with van der Waals surface area (Å²) in [7, 11) is 1.48. The highest BCUT2D eigenvalue weighted by molar-refractivity contribution is 9.10. The number of hydrogen-bond donors (Lipinski definition) is 1. The minimum atomic E-state index is -0.919. The summed E-state index contributed by atoms with van der Waals surface area (Å²) in [6, 6.07) is 21.2. The lowest BCUT2D eigenvalue weighted by Gasteiger charge is -2.26. The molecule has 7 nitrogen and oxygen atoms in total. The van der Waals surface area contributed by atoms with Gasteiger partial charge in [-0.15, -0.1) is 0 Å². The van der Waals surface area contributed by atoms with E-state index < -0.39 is 23.7 Å². The van der Waals surface area contributed by atoms with Gasteiger partial charge in [0, 0.05) is 4.47 Å². The molecular formula is C29H20BrFN2O5. The number of methoxy groups -OCH3 is 1. The lowest BCUT2D eigenvalue weighted by Crippen LogP contribution is -2.54. The fourth-order valence-corrected chi connectivity index (χ4v) is 4.58. The van der Waals surface area contributed by atoms with Gasteiger partial charge in [0.25, 0.3) is 11.8 Å². The first-order chi connectivity index (χ1) is 18.4. The van der Waals surface area contributed by atoms with Crippen LogP contribution in [0.15, 0.2) is 88.9 Å². The van der Waals surface area contributed by atoms with Crippen LogP contribution in [-0.2, 0) is 16.2 Å². The van der Waals surface area contributed by atoms with Crippen molar-refractivity contribution in [1.82, 2.24) is 5.32 Å². The number of amides is 4. The molecule has 0 aromatic heterocycles. The molecule has 0 unspecified atom stereocenters. The van der Waals surface area contributed by atoms with Crippen LogP contribution in [0.4, 0.5) is 14.9 Å². The number of anilines is 1. The van der Waals surface area contributed by atoms with Gasteiger partial charge in [-0.25, -0.2) is 14.1 Å². The predicted molar refractivity (Wildman–Crippen MR) is 144 cm³/mol. The van der Waals surface area contributed by atoms with Crippen molar-refractivity contribution in [2.75, 3.05) is 12.0 Å². The van der Waals surface area contributed by atoms with Crippen molar-refractivity contribution in [2.45, 2.75) is 6.61 Å². The molecule has 190 valence electrons. The smallest absolute Gasteiger partial charge is 0.335 e. The Morgan fingerprint density at radius 1 is 0.947 bits per heavy atom. The second-order valence-electron chi connectivity index (χ2n) is 8.39. The van der Waals surface area contributed by atoms with Crippen molar-refractivity contribution < 1.29 is 28.2 Å². The molecule has 1 heterocycles. The molecule has 0 spiro atoms. The summed E-state index contributed by atoms with van der Waals surface area (Å²) in [6.45, 7) is 0.292. The van der Waals surface area contributed by atoms with Crippen LogP contribution in [0, 0.1) is 5.82 Å². The highest BCUT2D eigenvalue weighted by Crippen LogP contribution is 2.36. The summed E-state index contributed by atoms with van der Waals surface area (Å²) in [4.78, 5) is 38.9. The van der Waals surface area contributed by atoms with Gasteiger partial charge in [0.1, 0.15) is 18.0 Å². The number of urea groups is 1. The fourth-order valence-electron chi connectivity index (χ4n) is 4.15. The van der Waals surface area contributed by atoms with E-state index in [9.17, 15) is 18.8 Å². The van der Waals surface area contributed by atoms with Crippen molar-refractivity contribution in [1.29, 1.82) is 0 Å². The van der Waals surface area contributed by atoms with Crippen LogP contribution < -0.4 is 19.7 Å². The SMILES string of the molecule is COc1cc(/C=C2\C(=O)NC(=O)N(c3ccc(F)cc3)C2=O)c(Br)cc1OCc1cccc2ccccc12. The molecule has 1 fully saturated rings. The van der Waals surface area contributed by atoms with E-state index in [1.165, 1.54) is 25.3 Å². The quantitative estimate of drug-likeness (QED) is 0.226. The summed E-state index contributed by atoms with van der Waals surface area (Å²) in [5.41, 5.74) is 1.30. The topological polar surface area (TPSA) is 84.9 Å². The number of benzene rings is 4. The van der Waals surface area contributed by atoms with Gasteiger partial charge in [0.2, 0.25) is 0 Å². The normalized spacial score (nSPS) is 14.7. The molecule has 38 heavy (non-hydrogen) atoms. The number of imide groups is 2. The first-order valence-corrected chi connectivity index (χ1v) is 12.3. The zero-order valence-electron chi connectivity index (χ0n) is 20.0. The second-order valence-corrected chi connectivity index (χ2v) is 9.24. The van der Waals surface area contributed by atoms with Gasteiger partial charge in [-0.05, 0) is 64.4 Å². The molecule has 0 saturated carbocycles. The number of fused-ring (bicyclic) bond motifs is 1. The number of nitrogens with one attached hydrogen (secondary N) is 1. The molecular weight excluding hydrogens is 555 g/mol. The summed E-state index contributed by atoms with van der Waals surface area (Å²) in [5.74, 6) is -1.37. The van der Waals surface area contributed by atoms with Crippen molar-refractivity contribution in [3.63, 3.8) is 0 Å². The average molecular weight is 575 g/mol. The van der Waals surface area contributed by atoms with E-state index in [-0.39, 0.29) is 11.3 Å². The van der Waals surface area contributed by atoms with E-state index >= 15 is 0 Å². The molecule has 1 saturated heterocycles. The standard InChI is InChI=1S/C29H20BrFN2O5/c1-37-25-14-19(13-23-27(34)32-29(36)33(28(23)35)21-11-9-20(31)10-12-21)24(30)15-26(25)38-16-18-7-4-6-17-5-2-3-8-22(17)18/h2-15H,16H2,1H3,(H,32,34,36)/b23-13+. The summed E-state index contributed by atoms with van der Waals surface area (Å²) < 4.78 is 25.5. The number of carbonyl (C=O) groups excluding carboxylic acids is 3. The Labute approximate surface area is 225 Å².